The van der Waals surface area contributed by atoms with E-state index in [4.69, 9.17) is 0 Å². The summed E-state index contributed by atoms with van der Waals surface area (Å²) in [6.07, 6.45) is 0.431. The van der Waals surface area contributed by atoms with Crippen LogP contribution < -0.4 is 5.43 Å². The van der Waals surface area contributed by atoms with Crippen LogP contribution in [0.4, 0.5) is 0 Å². The van der Waals surface area contributed by atoms with Crippen LogP contribution in [-0.4, -0.2) is 24.0 Å². The van der Waals surface area contributed by atoms with Crippen molar-refractivity contribution in [3.8, 4) is 0 Å². The number of hydrogen-bond acceptors (Lipinski definition) is 5. The minimum Gasteiger partial charge on any atom is -0.299 e. The van der Waals surface area contributed by atoms with E-state index in [1.165, 1.54) is 0 Å². The molecular formula is C6H12N4O. The molecule has 1 unspecified atom stereocenters. The van der Waals surface area contributed by atoms with Gasteiger partial charge in [-0.1, -0.05) is 24.3 Å². The normalized spacial score (nSPS) is 22.5. The number of nitrogens with one attached hydrogen (secondary N) is 1. The van der Waals surface area contributed by atoms with Gasteiger partial charge >= 0.3 is 0 Å². The third-order valence-electron chi connectivity index (χ3n) is 1.35. The van der Waals surface area contributed by atoms with E-state index in [9.17, 15) is 4.79 Å². The Morgan fingerprint density at radius 3 is 3.00 bits per heavy atom. The molecule has 5 nitrogen and oxygen atoms in total. The zero-order chi connectivity index (χ0) is 8.27. The molecule has 0 saturated carbocycles. The monoisotopic (exact) mass is 156 g/mol. The summed E-state index contributed by atoms with van der Waals surface area (Å²) in [5, 5.41) is 8.92. The lowest BCUT2D eigenvalue weighted by molar-refractivity contribution is -0.112. The van der Waals surface area contributed by atoms with Crippen molar-refractivity contribution in [2.24, 2.45) is 16.4 Å². The van der Waals surface area contributed by atoms with Gasteiger partial charge in [-0.25, -0.2) is 5.01 Å². The Morgan fingerprint density at radius 2 is 2.45 bits per heavy atom. The summed E-state index contributed by atoms with van der Waals surface area (Å²) in [4.78, 5) is 10.4. The highest BCUT2D eigenvalue weighted by atomic mass is 16.1. The van der Waals surface area contributed by atoms with Gasteiger partial charge in [-0.3, -0.25) is 10.2 Å². The van der Waals surface area contributed by atoms with Gasteiger partial charge in [-0.05, 0) is 5.92 Å². The van der Waals surface area contributed by atoms with Crippen molar-refractivity contribution >= 4 is 6.29 Å². The van der Waals surface area contributed by atoms with Crippen LogP contribution in [0.2, 0.25) is 0 Å². The molecule has 0 amide bonds. The highest BCUT2D eigenvalue weighted by molar-refractivity contribution is 5.56. The molecule has 1 rings (SSSR count). The quantitative estimate of drug-likeness (QED) is 0.600. The number of rotatable bonds is 3. The summed E-state index contributed by atoms with van der Waals surface area (Å²) >= 11 is 0. The van der Waals surface area contributed by atoms with Gasteiger partial charge in [-0.2, -0.15) is 0 Å². The molecule has 1 N–H and O–H groups in total. The predicted octanol–water partition coefficient (Wildman–Crippen LogP) is 0.355. The summed E-state index contributed by atoms with van der Waals surface area (Å²) < 4.78 is 0. The second-order valence-corrected chi connectivity index (χ2v) is 2.92. The van der Waals surface area contributed by atoms with Crippen molar-refractivity contribution in [2.45, 2.75) is 20.0 Å². The average molecular weight is 156 g/mol. The van der Waals surface area contributed by atoms with E-state index in [0.29, 0.717) is 5.92 Å². The zero-order valence-corrected chi connectivity index (χ0v) is 6.69. The van der Waals surface area contributed by atoms with E-state index in [0.717, 1.165) is 12.8 Å². The SMILES string of the molecule is CC(C)CN1N=NNC1C=O. The molecule has 0 aromatic rings. The van der Waals surface area contributed by atoms with Crippen LogP contribution in [0.15, 0.2) is 10.4 Å². The maximum atomic E-state index is 10.4. The maximum Gasteiger partial charge on any atom is 0.190 e. The van der Waals surface area contributed by atoms with Crippen molar-refractivity contribution in [1.82, 2.24) is 10.4 Å². The lowest BCUT2D eigenvalue weighted by Gasteiger charge is -2.17. The van der Waals surface area contributed by atoms with E-state index in [1.807, 2.05) is 0 Å². The first kappa shape index (κ1) is 7.97. The zero-order valence-electron chi connectivity index (χ0n) is 6.69. The van der Waals surface area contributed by atoms with Gasteiger partial charge in [0.25, 0.3) is 0 Å². The summed E-state index contributed by atoms with van der Waals surface area (Å²) in [6, 6.07) is 0. The second-order valence-electron chi connectivity index (χ2n) is 2.92. The number of carbonyl (C=O) groups excluding carboxylic acids is 1. The van der Waals surface area contributed by atoms with Crippen LogP contribution in [0.3, 0.4) is 0 Å². The Balaban J connectivity index is 2.43. The van der Waals surface area contributed by atoms with Gasteiger partial charge < -0.3 is 0 Å². The first-order chi connectivity index (χ1) is 5.24. The maximum absolute atomic E-state index is 10.4. The molecular weight excluding hydrogens is 144 g/mol. The molecule has 0 aromatic carbocycles. The minimum absolute atomic E-state index is 0.364. The van der Waals surface area contributed by atoms with E-state index in [2.05, 4.69) is 29.7 Å². The topological polar surface area (TPSA) is 57.1 Å². The van der Waals surface area contributed by atoms with Crippen LogP contribution in [0.25, 0.3) is 0 Å². The average Bonchev–Trinajstić information content (AvgIpc) is 2.34. The largest absolute Gasteiger partial charge is 0.299 e. The molecule has 0 aliphatic carbocycles. The molecule has 5 heteroatoms. The standard InChI is InChI=1S/C6H12N4O/c1-5(2)3-10-6(4-11)7-8-9-10/h4-6H,3H2,1-2H3,(H,7,9). The Morgan fingerprint density at radius 1 is 1.73 bits per heavy atom. The molecule has 11 heavy (non-hydrogen) atoms. The molecule has 1 atom stereocenters. The summed E-state index contributed by atoms with van der Waals surface area (Å²) in [7, 11) is 0. The van der Waals surface area contributed by atoms with Crippen molar-refractivity contribution in [3.63, 3.8) is 0 Å². The highest BCUT2D eigenvalue weighted by Gasteiger charge is 2.20. The molecule has 1 aliphatic rings. The molecule has 0 bridgehead atoms. The minimum atomic E-state index is -0.364. The van der Waals surface area contributed by atoms with Crippen LogP contribution in [0, 0.1) is 5.92 Å². The predicted molar refractivity (Wildman–Crippen MR) is 39.4 cm³/mol. The van der Waals surface area contributed by atoms with Crippen molar-refractivity contribution in [3.05, 3.63) is 0 Å². The Kier molecular flexibility index (Phi) is 2.40. The third-order valence-corrected chi connectivity index (χ3v) is 1.35. The molecule has 1 aliphatic heterocycles. The Bertz CT molecular complexity index is 168. The van der Waals surface area contributed by atoms with Gasteiger partial charge in [0.05, 0.1) is 0 Å². The Labute approximate surface area is 65.4 Å². The summed E-state index contributed by atoms with van der Waals surface area (Å²) in [6.45, 7) is 4.88. The molecule has 0 aromatic heterocycles. The first-order valence-electron chi connectivity index (χ1n) is 3.62. The van der Waals surface area contributed by atoms with Gasteiger partial charge in [0.15, 0.2) is 12.5 Å². The van der Waals surface area contributed by atoms with Crippen molar-refractivity contribution < 1.29 is 4.79 Å². The van der Waals surface area contributed by atoms with Gasteiger partial charge in [-0.15, -0.1) is 0 Å². The van der Waals surface area contributed by atoms with E-state index < -0.39 is 0 Å². The third kappa shape index (κ3) is 1.89. The van der Waals surface area contributed by atoms with Gasteiger partial charge in [0.1, 0.15) is 0 Å². The fourth-order valence-corrected chi connectivity index (χ4v) is 0.890. The number of nitrogens with zero attached hydrogens (tertiary/aromatic N) is 3. The smallest absolute Gasteiger partial charge is 0.190 e. The van der Waals surface area contributed by atoms with Gasteiger partial charge in [0, 0.05) is 6.54 Å². The molecule has 62 valence electrons. The van der Waals surface area contributed by atoms with Crippen LogP contribution in [-0.2, 0) is 4.79 Å². The molecule has 0 fully saturated rings. The fourth-order valence-electron chi connectivity index (χ4n) is 0.890. The molecule has 0 radical (unpaired) electrons. The summed E-state index contributed by atoms with van der Waals surface area (Å²) in [5.74, 6) is 0.483. The van der Waals surface area contributed by atoms with E-state index in [1.54, 1.807) is 5.01 Å². The van der Waals surface area contributed by atoms with Crippen LogP contribution in [0.1, 0.15) is 13.8 Å². The lowest BCUT2D eigenvalue weighted by Crippen LogP contribution is -2.38. The Hall–Kier alpha value is -1.13. The highest BCUT2D eigenvalue weighted by Crippen LogP contribution is 2.06. The van der Waals surface area contributed by atoms with Crippen LogP contribution in [0.5, 0.6) is 0 Å². The van der Waals surface area contributed by atoms with Crippen molar-refractivity contribution in [1.29, 1.82) is 0 Å². The van der Waals surface area contributed by atoms with E-state index >= 15 is 0 Å². The fraction of sp³-hybridized carbons (Fsp3) is 0.833. The number of hydrogen-bond donors (Lipinski definition) is 1. The van der Waals surface area contributed by atoms with Crippen LogP contribution >= 0.6 is 0 Å². The van der Waals surface area contributed by atoms with E-state index in [-0.39, 0.29) is 6.17 Å². The summed E-state index contributed by atoms with van der Waals surface area (Å²) in [5.41, 5.74) is 2.58. The molecule has 1 heterocycles. The first-order valence-corrected chi connectivity index (χ1v) is 3.62. The molecule has 0 saturated heterocycles. The number of carbonyl (C=O) groups is 1. The molecule has 0 spiro atoms. The van der Waals surface area contributed by atoms with Gasteiger partial charge in [0.2, 0.25) is 0 Å². The lowest BCUT2D eigenvalue weighted by atomic mass is 10.2. The van der Waals surface area contributed by atoms with Crippen molar-refractivity contribution in [2.75, 3.05) is 6.54 Å². The number of aldehydes is 1. The second kappa shape index (κ2) is 3.32.